The highest BCUT2D eigenvalue weighted by Crippen LogP contribution is 2.31. The summed E-state index contributed by atoms with van der Waals surface area (Å²) in [5.74, 6) is 0.898. The van der Waals surface area contributed by atoms with Crippen molar-refractivity contribution in [1.82, 2.24) is 28.0 Å². The summed E-state index contributed by atoms with van der Waals surface area (Å²) >= 11 is 2.38. The molecule has 0 aliphatic rings. The molecular formula is C27H26IN7. The van der Waals surface area contributed by atoms with Crippen LogP contribution in [-0.2, 0) is 6.54 Å². The van der Waals surface area contributed by atoms with Gasteiger partial charge >= 0.3 is 0 Å². The first-order valence-corrected chi connectivity index (χ1v) is 12.4. The molecule has 2 aromatic carbocycles. The fourth-order valence-electron chi connectivity index (χ4n) is 4.00. The van der Waals surface area contributed by atoms with Crippen LogP contribution in [0.5, 0.6) is 0 Å². The maximum absolute atomic E-state index is 4.99. The fraction of sp³-hybridized carbons (Fsp3) is 0.185. The minimum absolute atomic E-state index is 0.690. The molecule has 7 nitrogen and oxygen atoms in total. The van der Waals surface area contributed by atoms with Gasteiger partial charge in [0.05, 0.1) is 29.0 Å². The van der Waals surface area contributed by atoms with Crippen molar-refractivity contribution in [2.24, 2.45) is 0 Å². The zero-order valence-corrected chi connectivity index (χ0v) is 21.8. The molecule has 0 unspecified atom stereocenters. The summed E-state index contributed by atoms with van der Waals surface area (Å²) in [5, 5.41) is 0. The van der Waals surface area contributed by atoms with E-state index in [1.165, 1.54) is 5.69 Å². The number of H-pyrrole nitrogens is 1. The van der Waals surface area contributed by atoms with Crippen molar-refractivity contribution in [3.8, 4) is 22.6 Å². The lowest BCUT2D eigenvalue weighted by Gasteiger charge is -2.22. The Kier molecular flexibility index (Phi) is 7.01. The molecule has 0 saturated heterocycles. The number of anilines is 1. The van der Waals surface area contributed by atoms with E-state index in [0.717, 1.165) is 58.3 Å². The largest absolute Gasteiger partial charge is 0.373 e. The number of aryl methyl sites for hydroxylation is 1. The van der Waals surface area contributed by atoms with E-state index in [1.807, 2.05) is 37.3 Å². The van der Waals surface area contributed by atoms with Crippen LogP contribution in [0, 0.1) is 6.92 Å². The van der Waals surface area contributed by atoms with E-state index in [9.17, 15) is 0 Å². The maximum Gasteiger partial charge on any atom is 0.122 e. The van der Waals surface area contributed by atoms with Gasteiger partial charge < -0.3 is 9.88 Å². The molecule has 8 heteroatoms. The van der Waals surface area contributed by atoms with Crippen molar-refractivity contribution < 1.29 is 0 Å². The predicted octanol–water partition coefficient (Wildman–Crippen LogP) is 5.68. The second-order valence-electron chi connectivity index (χ2n) is 8.43. The van der Waals surface area contributed by atoms with Crippen LogP contribution in [0.2, 0.25) is 0 Å². The van der Waals surface area contributed by atoms with Crippen LogP contribution in [0.25, 0.3) is 33.7 Å². The molecule has 0 bridgehead atoms. The lowest BCUT2D eigenvalue weighted by atomic mass is 10.1. The van der Waals surface area contributed by atoms with E-state index < -0.39 is 0 Å². The molecule has 3 heterocycles. The Morgan fingerprint density at radius 3 is 2.46 bits per heavy atom. The standard InChI is InChI=1S/C27H26IN7/c1-19-7-6-10-23(31-19)27-26(20-11-12-22-24(17-20)30-14-13-29-22)32-25(33-27)18-35(28)16-15-34(2)21-8-4-3-5-9-21/h3-14,17H,15-16,18H2,1-2H3,(H,32,33). The van der Waals surface area contributed by atoms with Crippen LogP contribution in [0.4, 0.5) is 5.69 Å². The number of nitrogens with zero attached hydrogens (tertiary/aromatic N) is 6. The molecular weight excluding hydrogens is 549 g/mol. The number of pyridine rings is 1. The summed E-state index contributed by atoms with van der Waals surface area (Å²) in [5.41, 5.74) is 7.54. The number of rotatable bonds is 8. The first kappa shape index (κ1) is 23.4. The number of nitrogens with one attached hydrogen (secondary N) is 1. The highest BCUT2D eigenvalue weighted by Gasteiger charge is 2.17. The summed E-state index contributed by atoms with van der Waals surface area (Å²) in [7, 11) is 2.12. The van der Waals surface area contributed by atoms with Gasteiger partial charge in [0, 0.05) is 72.3 Å². The number of benzene rings is 2. The quantitative estimate of drug-likeness (QED) is 0.190. The van der Waals surface area contributed by atoms with Gasteiger partial charge in [0.15, 0.2) is 0 Å². The topological polar surface area (TPSA) is 73.8 Å². The summed E-state index contributed by atoms with van der Waals surface area (Å²) < 4.78 is 2.25. The van der Waals surface area contributed by atoms with E-state index in [-0.39, 0.29) is 0 Å². The summed E-state index contributed by atoms with van der Waals surface area (Å²) in [4.78, 5) is 24.4. The molecule has 0 aliphatic heterocycles. The molecule has 0 atom stereocenters. The van der Waals surface area contributed by atoms with E-state index >= 15 is 0 Å². The average Bonchev–Trinajstić information content (AvgIpc) is 3.31. The molecule has 0 amide bonds. The van der Waals surface area contributed by atoms with Gasteiger partial charge in [-0.25, -0.2) is 8.10 Å². The van der Waals surface area contributed by atoms with Gasteiger partial charge in [-0.05, 0) is 43.3 Å². The van der Waals surface area contributed by atoms with Crippen molar-refractivity contribution >= 4 is 39.6 Å². The Morgan fingerprint density at radius 2 is 1.66 bits per heavy atom. The zero-order valence-electron chi connectivity index (χ0n) is 19.7. The lowest BCUT2D eigenvalue weighted by Crippen LogP contribution is -2.27. The van der Waals surface area contributed by atoms with Crippen molar-refractivity contribution in [1.29, 1.82) is 0 Å². The van der Waals surface area contributed by atoms with Gasteiger partial charge in [-0.2, -0.15) is 0 Å². The highest BCUT2D eigenvalue weighted by atomic mass is 127. The number of para-hydroxylation sites is 1. The number of aromatic amines is 1. The normalized spacial score (nSPS) is 11.3. The Hall–Kier alpha value is -3.37. The molecule has 5 aromatic rings. The summed E-state index contributed by atoms with van der Waals surface area (Å²) in [6.07, 6.45) is 3.43. The van der Waals surface area contributed by atoms with E-state index in [4.69, 9.17) is 9.97 Å². The number of halogens is 1. The molecule has 176 valence electrons. The van der Waals surface area contributed by atoms with Crippen LogP contribution in [0.3, 0.4) is 0 Å². The van der Waals surface area contributed by atoms with Crippen LogP contribution >= 0.6 is 22.9 Å². The van der Waals surface area contributed by atoms with E-state index in [1.54, 1.807) is 12.4 Å². The number of hydrogen-bond acceptors (Lipinski definition) is 6. The molecule has 0 aliphatic carbocycles. The molecule has 0 fully saturated rings. The molecule has 3 aromatic heterocycles. The number of imidazole rings is 1. The number of aromatic nitrogens is 5. The minimum atomic E-state index is 0.690. The van der Waals surface area contributed by atoms with Gasteiger partial charge in [-0.1, -0.05) is 30.3 Å². The number of hydrogen-bond donors (Lipinski definition) is 1. The summed E-state index contributed by atoms with van der Waals surface area (Å²) in [6, 6.07) is 22.6. The van der Waals surface area contributed by atoms with Gasteiger partial charge in [-0.3, -0.25) is 15.0 Å². The maximum atomic E-state index is 4.99. The van der Waals surface area contributed by atoms with Crippen molar-refractivity contribution in [3.05, 3.63) is 90.6 Å². The zero-order chi connectivity index (χ0) is 24.2. The van der Waals surface area contributed by atoms with E-state index in [0.29, 0.717) is 6.54 Å². The van der Waals surface area contributed by atoms with E-state index in [2.05, 4.69) is 89.3 Å². The Labute approximate surface area is 218 Å². The highest BCUT2D eigenvalue weighted by molar-refractivity contribution is 14.1. The van der Waals surface area contributed by atoms with Gasteiger partial charge in [-0.15, -0.1) is 0 Å². The first-order chi connectivity index (χ1) is 17.1. The first-order valence-electron chi connectivity index (χ1n) is 11.5. The lowest BCUT2D eigenvalue weighted by molar-refractivity contribution is 0.498. The van der Waals surface area contributed by atoms with Crippen LogP contribution < -0.4 is 4.90 Å². The Balaban J connectivity index is 1.41. The van der Waals surface area contributed by atoms with Gasteiger partial charge in [0.2, 0.25) is 0 Å². The smallest absolute Gasteiger partial charge is 0.122 e. The van der Waals surface area contributed by atoms with Gasteiger partial charge in [0.25, 0.3) is 0 Å². The molecule has 5 rings (SSSR count). The van der Waals surface area contributed by atoms with Crippen molar-refractivity contribution in [3.63, 3.8) is 0 Å². The predicted molar refractivity (Wildman–Crippen MR) is 149 cm³/mol. The molecule has 0 saturated carbocycles. The molecule has 0 spiro atoms. The third-order valence-electron chi connectivity index (χ3n) is 5.84. The second-order valence-corrected chi connectivity index (χ2v) is 9.80. The Bertz CT molecular complexity index is 1430. The molecule has 35 heavy (non-hydrogen) atoms. The average molecular weight is 575 g/mol. The van der Waals surface area contributed by atoms with Crippen LogP contribution in [-0.4, -0.2) is 48.2 Å². The third kappa shape index (κ3) is 5.49. The molecule has 0 radical (unpaired) electrons. The minimum Gasteiger partial charge on any atom is -0.373 e. The number of fused-ring (bicyclic) bond motifs is 1. The van der Waals surface area contributed by atoms with Crippen molar-refractivity contribution in [2.75, 3.05) is 25.0 Å². The molecule has 1 N–H and O–H groups in total. The second kappa shape index (κ2) is 10.5. The van der Waals surface area contributed by atoms with Crippen LogP contribution in [0.1, 0.15) is 11.5 Å². The summed E-state index contributed by atoms with van der Waals surface area (Å²) in [6.45, 7) is 4.50. The SMILES string of the molecule is Cc1cccc(-c2nc(CN(I)CCN(C)c3ccccc3)[nH]c2-c2ccc3nccnc3c2)n1. The third-order valence-corrected chi connectivity index (χ3v) is 6.66. The Morgan fingerprint density at radius 1 is 0.857 bits per heavy atom. The van der Waals surface area contributed by atoms with Crippen molar-refractivity contribution in [2.45, 2.75) is 13.5 Å². The fourth-order valence-corrected chi connectivity index (χ4v) is 4.54. The monoisotopic (exact) mass is 575 g/mol. The van der Waals surface area contributed by atoms with Crippen LogP contribution in [0.15, 0.2) is 79.1 Å². The number of likely N-dealkylation sites (N-methyl/N-ethyl adjacent to an activating group) is 1. The van der Waals surface area contributed by atoms with Gasteiger partial charge in [0.1, 0.15) is 11.5 Å².